The summed E-state index contributed by atoms with van der Waals surface area (Å²) in [6.45, 7) is 3.64. The lowest BCUT2D eigenvalue weighted by Crippen LogP contribution is -2.50. The van der Waals surface area contributed by atoms with Crippen LogP contribution in [0.15, 0.2) is 41.8 Å². The molecular formula is C22H27N3O3S. The van der Waals surface area contributed by atoms with E-state index >= 15 is 0 Å². The molecule has 0 bridgehead atoms. The van der Waals surface area contributed by atoms with Crippen molar-refractivity contribution in [3.8, 4) is 5.75 Å². The number of amides is 3. The quantitative estimate of drug-likeness (QED) is 0.756. The summed E-state index contributed by atoms with van der Waals surface area (Å²) in [7, 11) is 0. The van der Waals surface area contributed by atoms with Gasteiger partial charge in [0, 0.05) is 24.0 Å². The van der Waals surface area contributed by atoms with Crippen LogP contribution in [0, 0.1) is 0 Å². The number of thiophene rings is 1. The molecule has 2 aromatic rings. The van der Waals surface area contributed by atoms with Gasteiger partial charge < -0.3 is 19.9 Å². The molecule has 1 unspecified atom stereocenters. The van der Waals surface area contributed by atoms with Crippen LogP contribution in [0.4, 0.5) is 4.79 Å². The summed E-state index contributed by atoms with van der Waals surface area (Å²) in [6.07, 6.45) is 2.80. The van der Waals surface area contributed by atoms with Crippen LogP contribution in [-0.2, 0) is 11.2 Å². The van der Waals surface area contributed by atoms with E-state index in [1.807, 2.05) is 42.2 Å². The van der Waals surface area contributed by atoms with Crippen molar-refractivity contribution in [3.05, 3.63) is 52.2 Å². The molecule has 1 aliphatic heterocycles. The minimum atomic E-state index is -0.145. The van der Waals surface area contributed by atoms with Gasteiger partial charge in [-0.15, -0.1) is 11.3 Å². The first-order valence-corrected chi connectivity index (χ1v) is 11.1. The van der Waals surface area contributed by atoms with Crippen molar-refractivity contribution < 1.29 is 14.3 Å². The predicted molar refractivity (Wildman–Crippen MR) is 113 cm³/mol. The van der Waals surface area contributed by atoms with Crippen molar-refractivity contribution in [3.63, 3.8) is 0 Å². The van der Waals surface area contributed by atoms with Crippen molar-refractivity contribution >= 4 is 23.3 Å². The Bertz CT molecular complexity index is 850. The van der Waals surface area contributed by atoms with Crippen molar-refractivity contribution in [2.75, 3.05) is 26.2 Å². The minimum absolute atomic E-state index is 0.0123. The van der Waals surface area contributed by atoms with E-state index in [2.05, 4.69) is 16.8 Å². The number of rotatable bonds is 7. The summed E-state index contributed by atoms with van der Waals surface area (Å²) >= 11 is 1.74. The number of ether oxygens (including phenoxy) is 1. The summed E-state index contributed by atoms with van der Waals surface area (Å²) in [5, 5.41) is 4.92. The van der Waals surface area contributed by atoms with E-state index in [4.69, 9.17) is 4.74 Å². The van der Waals surface area contributed by atoms with Crippen molar-refractivity contribution in [1.82, 2.24) is 15.1 Å². The topological polar surface area (TPSA) is 61.9 Å². The summed E-state index contributed by atoms with van der Waals surface area (Å²) < 4.78 is 6.02. The molecule has 1 N–H and O–H groups in total. The van der Waals surface area contributed by atoms with Gasteiger partial charge >= 0.3 is 6.03 Å². The van der Waals surface area contributed by atoms with Crippen LogP contribution in [0.2, 0.25) is 0 Å². The predicted octanol–water partition coefficient (Wildman–Crippen LogP) is 3.45. The van der Waals surface area contributed by atoms with Gasteiger partial charge in [0.25, 0.3) is 0 Å². The molecule has 154 valence electrons. The molecule has 0 radical (unpaired) electrons. The van der Waals surface area contributed by atoms with E-state index in [1.54, 1.807) is 16.2 Å². The monoisotopic (exact) mass is 413 g/mol. The van der Waals surface area contributed by atoms with Gasteiger partial charge in [-0.3, -0.25) is 4.79 Å². The lowest BCUT2D eigenvalue weighted by Gasteiger charge is -2.37. The van der Waals surface area contributed by atoms with E-state index in [9.17, 15) is 9.59 Å². The fourth-order valence-electron chi connectivity index (χ4n) is 3.81. The summed E-state index contributed by atoms with van der Waals surface area (Å²) in [5.74, 6) is 0.783. The molecular weight excluding hydrogens is 386 g/mol. The van der Waals surface area contributed by atoms with Gasteiger partial charge in [0.1, 0.15) is 18.9 Å². The van der Waals surface area contributed by atoms with Crippen molar-refractivity contribution in [1.29, 1.82) is 0 Å². The van der Waals surface area contributed by atoms with Crippen molar-refractivity contribution in [2.24, 2.45) is 0 Å². The second-order valence-electron chi connectivity index (χ2n) is 7.47. The van der Waals surface area contributed by atoms with E-state index in [0.717, 1.165) is 25.0 Å². The lowest BCUT2D eigenvalue weighted by molar-refractivity contribution is -0.135. The van der Waals surface area contributed by atoms with E-state index in [0.29, 0.717) is 19.7 Å². The van der Waals surface area contributed by atoms with Crippen LogP contribution in [0.3, 0.4) is 0 Å². The molecule has 7 heteroatoms. The first-order chi connectivity index (χ1) is 14.2. The van der Waals surface area contributed by atoms with Gasteiger partial charge in [-0.2, -0.15) is 0 Å². The fourth-order valence-corrected chi connectivity index (χ4v) is 4.74. The number of hydrogen-bond donors (Lipinski definition) is 1. The molecule has 1 aromatic carbocycles. The zero-order chi connectivity index (χ0) is 20.2. The molecule has 4 rings (SSSR count). The molecule has 2 heterocycles. The zero-order valence-corrected chi connectivity index (χ0v) is 17.5. The average molecular weight is 414 g/mol. The second-order valence-corrected chi connectivity index (χ2v) is 8.47. The van der Waals surface area contributed by atoms with E-state index < -0.39 is 0 Å². The SMILES string of the molecule is CCNC(=O)N(CC(=O)N1CCc2sccc2C1COc1ccccc1)C1CC1. The molecule has 0 saturated heterocycles. The molecule has 1 aromatic heterocycles. The molecule has 2 aliphatic rings. The van der Waals surface area contributed by atoms with Crippen molar-refractivity contribution in [2.45, 2.75) is 38.3 Å². The van der Waals surface area contributed by atoms with Crippen LogP contribution < -0.4 is 10.1 Å². The average Bonchev–Trinajstić information content (AvgIpc) is 3.46. The maximum Gasteiger partial charge on any atom is 0.318 e. The number of carbonyl (C=O) groups excluding carboxylic acids is 2. The number of hydrogen-bond acceptors (Lipinski definition) is 4. The number of para-hydroxylation sites is 1. The fraction of sp³-hybridized carbons (Fsp3) is 0.455. The first-order valence-electron chi connectivity index (χ1n) is 10.3. The van der Waals surface area contributed by atoms with Gasteiger partial charge in [0.05, 0.1) is 6.04 Å². The molecule has 0 spiro atoms. The zero-order valence-electron chi connectivity index (χ0n) is 16.7. The van der Waals surface area contributed by atoms with Gasteiger partial charge in [-0.1, -0.05) is 18.2 Å². The number of benzene rings is 1. The Labute approximate surface area is 175 Å². The molecule has 1 saturated carbocycles. The molecule has 1 aliphatic carbocycles. The Balaban J connectivity index is 1.49. The minimum Gasteiger partial charge on any atom is -0.491 e. The third-order valence-electron chi connectivity index (χ3n) is 5.45. The highest BCUT2D eigenvalue weighted by Crippen LogP contribution is 2.34. The first kappa shape index (κ1) is 19.8. The van der Waals surface area contributed by atoms with E-state index in [-0.39, 0.29) is 30.6 Å². The summed E-state index contributed by atoms with van der Waals surface area (Å²) in [5.41, 5.74) is 1.17. The van der Waals surface area contributed by atoms with Gasteiger partial charge in [-0.05, 0) is 55.3 Å². The van der Waals surface area contributed by atoms with Gasteiger partial charge in [-0.25, -0.2) is 4.79 Å². The molecule has 1 fully saturated rings. The normalized spacial score (nSPS) is 18.1. The van der Waals surface area contributed by atoms with E-state index in [1.165, 1.54) is 10.4 Å². The lowest BCUT2D eigenvalue weighted by atomic mass is 10.0. The molecule has 6 nitrogen and oxygen atoms in total. The number of fused-ring (bicyclic) bond motifs is 1. The van der Waals surface area contributed by atoms with Gasteiger partial charge in [0.2, 0.25) is 5.91 Å². The number of urea groups is 1. The highest BCUT2D eigenvalue weighted by atomic mass is 32.1. The molecule has 3 amide bonds. The number of carbonyl (C=O) groups is 2. The largest absolute Gasteiger partial charge is 0.491 e. The third kappa shape index (κ3) is 4.56. The van der Waals surface area contributed by atoms with Crippen LogP contribution in [-0.4, -0.2) is 54.0 Å². The highest BCUT2D eigenvalue weighted by Gasteiger charge is 2.37. The Morgan fingerprint density at radius 3 is 2.76 bits per heavy atom. The highest BCUT2D eigenvalue weighted by molar-refractivity contribution is 7.10. The Hall–Kier alpha value is -2.54. The van der Waals surface area contributed by atoms with Crippen LogP contribution >= 0.6 is 11.3 Å². The molecule has 29 heavy (non-hydrogen) atoms. The maximum atomic E-state index is 13.3. The summed E-state index contributed by atoms with van der Waals surface area (Å²) in [4.78, 5) is 30.6. The number of nitrogens with zero attached hydrogens (tertiary/aromatic N) is 2. The Morgan fingerprint density at radius 1 is 1.24 bits per heavy atom. The third-order valence-corrected chi connectivity index (χ3v) is 6.44. The summed E-state index contributed by atoms with van der Waals surface area (Å²) in [6, 6.07) is 11.7. The standard InChI is InChI=1S/C22H27N3O3S/c1-2-23-22(27)25(16-8-9-16)14-21(26)24-12-10-20-18(11-13-29-20)19(24)15-28-17-6-4-3-5-7-17/h3-7,11,13,16,19H,2,8-10,12,14-15H2,1H3,(H,23,27). The van der Waals surface area contributed by atoms with Gasteiger partial charge in [0.15, 0.2) is 0 Å². The maximum absolute atomic E-state index is 13.3. The second kappa shape index (κ2) is 8.86. The Morgan fingerprint density at radius 2 is 2.03 bits per heavy atom. The van der Waals surface area contributed by atoms with Crippen LogP contribution in [0.1, 0.15) is 36.2 Å². The number of nitrogens with one attached hydrogen (secondary N) is 1. The van der Waals surface area contributed by atoms with Crippen LogP contribution in [0.25, 0.3) is 0 Å². The smallest absolute Gasteiger partial charge is 0.318 e. The van der Waals surface area contributed by atoms with Crippen LogP contribution in [0.5, 0.6) is 5.75 Å². The molecule has 1 atom stereocenters. The Kier molecular flexibility index (Phi) is 6.04.